The third kappa shape index (κ3) is 3.47. The van der Waals surface area contributed by atoms with E-state index in [2.05, 4.69) is 37.0 Å². The summed E-state index contributed by atoms with van der Waals surface area (Å²) < 4.78 is 58.8. The maximum Gasteiger partial charge on any atom is 0.178 e. The van der Waals surface area contributed by atoms with Crippen LogP contribution in [-0.2, 0) is 9.84 Å². The van der Waals surface area contributed by atoms with E-state index in [0.717, 1.165) is 21.3 Å². The summed E-state index contributed by atoms with van der Waals surface area (Å²) in [4.78, 5) is -0.694. The molecule has 4 nitrogen and oxygen atoms in total. The second kappa shape index (κ2) is 6.86. The standard InChI is InChI=1S/C17H11Br2F2NO3S/c1-8-16(10-6-14(21)15(7-13(10)20)26(2,23)24)17(22-25-8)9-3-4-11(18)12(19)5-9/h3-7H,1-2H3. The zero-order valence-electron chi connectivity index (χ0n) is 13.5. The van der Waals surface area contributed by atoms with E-state index in [4.69, 9.17) is 4.52 Å². The van der Waals surface area contributed by atoms with E-state index in [1.807, 2.05) is 0 Å². The third-order valence-electron chi connectivity index (χ3n) is 3.75. The predicted octanol–water partition coefficient (Wildman–Crippen LogP) is 5.52. The molecule has 0 N–H and O–H groups in total. The van der Waals surface area contributed by atoms with Crippen LogP contribution in [0.15, 0.2) is 48.7 Å². The average molecular weight is 507 g/mol. The van der Waals surface area contributed by atoms with Gasteiger partial charge in [0, 0.05) is 26.3 Å². The summed E-state index contributed by atoms with van der Waals surface area (Å²) in [5.74, 6) is -1.63. The molecule has 3 aromatic rings. The summed E-state index contributed by atoms with van der Waals surface area (Å²) in [6.07, 6.45) is 0.819. The van der Waals surface area contributed by atoms with Crippen LogP contribution < -0.4 is 0 Å². The Bertz CT molecular complexity index is 1130. The Hall–Kier alpha value is -1.58. The van der Waals surface area contributed by atoms with Crippen molar-refractivity contribution in [1.82, 2.24) is 5.16 Å². The van der Waals surface area contributed by atoms with Crippen LogP contribution in [0.3, 0.4) is 0 Å². The molecule has 0 aliphatic rings. The van der Waals surface area contributed by atoms with E-state index in [0.29, 0.717) is 17.3 Å². The lowest BCUT2D eigenvalue weighted by molar-refractivity contribution is 0.400. The van der Waals surface area contributed by atoms with Crippen molar-refractivity contribution in [3.05, 3.63) is 56.7 Å². The van der Waals surface area contributed by atoms with Crippen LogP contribution in [0.2, 0.25) is 0 Å². The van der Waals surface area contributed by atoms with E-state index in [-0.39, 0.29) is 16.9 Å². The molecule has 0 atom stereocenters. The van der Waals surface area contributed by atoms with Gasteiger partial charge in [0.15, 0.2) is 9.84 Å². The number of halogens is 4. The molecule has 0 saturated heterocycles. The zero-order chi connectivity index (χ0) is 19.2. The first kappa shape index (κ1) is 19.2. The van der Waals surface area contributed by atoms with Gasteiger partial charge >= 0.3 is 0 Å². The van der Waals surface area contributed by atoms with Crippen LogP contribution in [0.5, 0.6) is 0 Å². The molecule has 0 fully saturated rings. The van der Waals surface area contributed by atoms with Crippen molar-refractivity contribution in [3.63, 3.8) is 0 Å². The second-order valence-corrected chi connectivity index (χ2v) is 9.32. The van der Waals surface area contributed by atoms with Crippen LogP contribution in [0.25, 0.3) is 22.4 Å². The molecule has 2 aromatic carbocycles. The lowest BCUT2D eigenvalue weighted by Gasteiger charge is -2.08. The quantitative estimate of drug-likeness (QED) is 0.469. The fraction of sp³-hybridized carbons (Fsp3) is 0.118. The van der Waals surface area contributed by atoms with Crippen molar-refractivity contribution < 1.29 is 21.7 Å². The third-order valence-corrected chi connectivity index (χ3v) is 6.74. The van der Waals surface area contributed by atoms with Crippen LogP contribution in [0, 0.1) is 18.6 Å². The Morgan fingerprint density at radius 2 is 1.73 bits per heavy atom. The molecule has 0 spiro atoms. The minimum absolute atomic E-state index is 0.123. The highest BCUT2D eigenvalue weighted by atomic mass is 79.9. The zero-order valence-corrected chi connectivity index (χ0v) is 17.5. The van der Waals surface area contributed by atoms with E-state index in [1.165, 1.54) is 0 Å². The molecule has 0 bridgehead atoms. The summed E-state index contributed by atoms with van der Waals surface area (Å²) in [7, 11) is -3.89. The number of aromatic nitrogens is 1. The van der Waals surface area contributed by atoms with Crippen molar-refractivity contribution in [2.75, 3.05) is 6.26 Å². The Morgan fingerprint density at radius 3 is 2.35 bits per heavy atom. The Morgan fingerprint density at radius 1 is 1.04 bits per heavy atom. The maximum atomic E-state index is 14.6. The minimum atomic E-state index is -3.89. The molecular formula is C17H11Br2F2NO3S. The molecule has 0 aliphatic heterocycles. The molecule has 0 aliphatic carbocycles. The average Bonchev–Trinajstić information content (AvgIpc) is 2.92. The first-order valence-electron chi connectivity index (χ1n) is 7.20. The Labute approximate surface area is 165 Å². The van der Waals surface area contributed by atoms with Crippen LogP contribution >= 0.6 is 31.9 Å². The summed E-state index contributed by atoms with van der Waals surface area (Å²) in [6, 6.07) is 6.80. The van der Waals surface area contributed by atoms with Crippen molar-refractivity contribution in [2.24, 2.45) is 0 Å². The van der Waals surface area contributed by atoms with Gasteiger partial charge in [0.05, 0.1) is 5.56 Å². The summed E-state index contributed by atoms with van der Waals surface area (Å²) in [5.41, 5.74) is 1.08. The van der Waals surface area contributed by atoms with Crippen LogP contribution in [0.1, 0.15) is 5.76 Å². The highest BCUT2D eigenvalue weighted by molar-refractivity contribution is 9.13. The lowest BCUT2D eigenvalue weighted by Crippen LogP contribution is -2.03. The predicted molar refractivity (Wildman–Crippen MR) is 101 cm³/mol. The molecule has 3 rings (SSSR count). The monoisotopic (exact) mass is 505 g/mol. The Balaban J connectivity index is 2.24. The molecule has 136 valence electrons. The Kier molecular flexibility index (Phi) is 5.06. The first-order chi connectivity index (χ1) is 12.1. The molecule has 1 aromatic heterocycles. The van der Waals surface area contributed by atoms with Gasteiger partial charge in [-0.15, -0.1) is 0 Å². The molecule has 0 radical (unpaired) electrons. The number of aryl methyl sites for hydroxylation is 1. The summed E-state index contributed by atoms with van der Waals surface area (Å²) in [5, 5.41) is 3.96. The van der Waals surface area contributed by atoms with E-state index >= 15 is 0 Å². The second-order valence-electron chi connectivity index (χ2n) is 5.63. The van der Waals surface area contributed by atoms with E-state index in [1.54, 1.807) is 25.1 Å². The summed E-state index contributed by atoms with van der Waals surface area (Å²) >= 11 is 6.74. The maximum absolute atomic E-state index is 14.6. The van der Waals surface area contributed by atoms with Gasteiger partial charge in [-0.05, 0) is 63.0 Å². The van der Waals surface area contributed by atoms with Crippen molar-refractivity contribution in [2.45, 2.75) is 11.8 Å². The largest absolute Gasteiger partial charge is 0.360 e. The van der Waals surface area contributed by atoms with Gasteiger partial charge in [-0.2, -0.15) is 0 Å². The number of rotatable bonds is 3. The smallest absolute Gasteiger partial charge is 0.178 e. The van der Waals surface area contributed by atoms with Gasteiger partial charge < -0.3 is 4.52 Å². The minimum Gasteiger partial charge on any atom is -0.360 e. The van der Waals surface area contributed by atoms with Crippen molar-refractivity contribution in [1.29, 1.82) is 0 Å². The molecule has 0 saturated carbocycles. The highest BCUT2D eigenvalue weighted by Gasteiger charge is 2.24. The number of hydrogen-bond acceptors (Lipinski definition) is 4. The van der Waals surface area contributed by atoms with Gasteiger partial charge in [0.25, 0.3) is 0 Å². The van der Waals surface area contributed by atoms with Crippen molar-refractivity contribution >= 4 is 41.7 Å². The van der Waals surface area contributed by atoms with E-state index in [9.17, 15) is 17.2 Å². The molecule has 0 unspecified atom stereocenters. The van der Waals surface area contributed by atoms with Crippen molar-refractivity contribution in [3.8, 4) is 22.4 Å². The molecule has 26 heavy (non-hydrogen) atoms. The van der Waals surface area contributed by atoms with Gasteiger partial charge in [0.1, 0.15) is 28.0 Å². The first-order valence-corrected chi connectivity index (χ1v) is 10.7. The van der Waals surface area contributed by atoms with Gasteiger partial charge in [-0.1, -0.05) is 11.2 Å². The molecular weight excluding hydrogens is 496 g/mol. The lowest BCUT2D eigenvalue weighted by atomic mass is 9.99. The topological polar surface area (TPSA) is 60.2 Å². The summed E-state index contributed by atoms with van der Waals surface area (Å²) in [6.45, 7) is 1.57. The molecule has 0 amide bonds. The SMILES string of the molecule is Cc1onc(-c2ccc(Br)c(Br)c2)c1-c1cc(F)c(S(C)(=O)=O)cc1F. The number of sulfone groups is 1. The van der Waals surface area contributed by atoms with E-state index < -0.39 is 26.4 Å². The number of benzene rings is 2. The van der Waals surface area contributed by atoms with Gasteiger partial charge in [-0.3, -0.25) is 0 Å². The molecule has 1 heterocycles. The normalized spacial score (nSPS) is 11.8. The fourth-order valence-corrected chi connectivity index (χ4v) is 3.89. The van der Waals surface area contributed by atoms with Gasteiger partial charge in [-0.25, -0.2) is 17.2 Å². The molecule has 9 heteroatoms. The van der Waals surface area contributed by atoms with Crippen LogP contribution in [0.4, 0.5) is 8.78 Å². The highest BCUT2D eigenvalue weighted by Crippen LogP contribution is 2.38. The van der Waals surface area contributed by atoms with Crippen LogP contribution in [-0.4, -0.2) is 19.8 Å². The van der Waals surface area contributed by atoms with Gasteiger partial charge in [0.2, 0.25) is 0 Å². The fourth-order valence-electron chi connectivity index (χ4n) is 2.53. The number of hydrogen-bond donors (Lipinski definition) is 0. The number of nitrogens with zero attached hydrogens (tertiary/aromatic N) is 1.